The van der Waals surface area contributed by atoms with Crippen molar-refractivity contribution in [2.24, 2.45) is 0 Å². The van der Waals surface area contributed by atoms with Crippen LogP contribution in [-0.4, -0.2) is 43.1 Å². The molecule has 0 N–H and O–H groups in total. The van der Waals surface area contributed by atoms with E-state index in [9.17, 15) is 14.0 Å². The summed E-state index contributed by atoms with van der Waals surface area (Å²) in [5.41, 5.74) is 0.555. The summed E-state index contributed by atoms with van der Waals surface area (Å²) >= 11 is 5.93. The minimum absolute atomic E-state index is 0.00350. The number of amides is 1. The standard InChI is InChI=1S/C19H17ClFNO4/c20-16-12-14(21)6-7-15(16)19(24)26-17(13-4-2-1-3-5-13)18(23)22-8-10-25-11-9-22/h1-7,12,17H,8-11H2/t17-/m1/s1. The van der Waals surface area contributed by atoms with Gasteiger partial charge in [0.05, 0.1) is 23.8 Å². The van der Waals surface area contributed by atoms with Gasteiger partial charge in [0.2, 0.25) is 6.10 Å². The summed E-state index contributed by atoms with van der Waals surface area (Å²) in [6.45, 7) is 1.73. The number of carbonyl (C=O) groups is 2. The third-order valence-electron chi connectivity index (χ3n) is 4.03. The van der Waals surface area contributed by atoms with Crippen LogP contribution >= 0.6 is 11.6 Å². The Hall–Kier alpha value is -2.44. The molecule has 1 saturated heterocycles. The first-order chi connectivity index (χ1) is 12.6. The Morgan fingerprint density at radius 1 is 1.12 bits per heavy atom. The van der Waals surface area contributed by atoms with Crippen LogP contribution in [-0.2, 0) is 14.3 Å². The lowest BCUT2D eigenvalue weighted by Crippen LogP contribution is -2.44. The molecule has 0 aromatic heterocycles. The van der Waals surface area contributed by atoms with Crippen LogP contribution in [0.15, 0.2) is 48.5 Å². The summed E-state index contributed by atoms with van der Waals surface area (Å²) in [7, 11) is 0. The van der Waals surface area contributed by atoms with Gasteiger partial charge in [-0.15, -0.1) is 0 Å². The Morgan fingerprint density at radius 3 is 2.46 bits per heavy atom. The van der Waals surface area contributed by atoms with Crippen molar-refractivity contribution in [3.63, 3.8) is 0 Å². The topological polar surface area (TPSA) is 55.8 Å². The number of morpholine rings is 1. The van der Waals surface area contributed by atoms with Gasteiger partial charge in [-0.1, -0.05) is 41.9 Å². The molecular weight excluding hydrogens is 361 g/mol. The van der Waals surface area contributed by atoms with Gasteiger partial charge in [0.15, 0.2) is 0 Å². The van der Waals surface area contributed by atoms with Gasteiger partial charge < -0.3 is 14.4 Å². The number of hydrogen-bond donors (Lipinski definition) is 0. The molecule has 1 fully saturated rings. The first-order valence-corrected chi connectivity index (χ1v) is 8.51. The number of benzene rings is 2. The highest BCUT2D eigenvalue weighted by atomic mass is 35.5. The third-order valence-corrected chi connectivity index (χ3v) is 4.34. The molecule has 1 amide bonds. The van der Waals surface area contributed by atoms with Crippen molar-refractivity contribution < 1.29 is 23.5 Å². The quantitative estimate of drug-likeness (QED) is 0.768. The molecule has 0 aliphatic carbocycles. The van der Waals surface area contributed by atoms with Gasteiger partial charge in [0.1, 0.15) is 5.82 Å². The molecule has 0 radical (unpaired) electrons. The molecule has 136 valence electrons. The van der Waals surface area contributed by atoms with E-state index in [0.717, 1.165) is 12.1 Å². The lowest BCUT2D eigenvalue weighted by atomic mass is 10.1. The summed E-state index contributed by atoms with van der Waals surface area (Å²) in [6, 6.07) is 12.1. The number of nitrogens with zero attached hydrogens (tertiary/aromatic N) is 1. The van der Waals surface area contributed by atoms with E-state index in [2.05, 4.69) is 0 Å². The largest absolute Gasteiger partial charge is 0.444 e. The highest BCUT2D eigenvalue weighted by molar-refractivity contribution is 6.33. The number of rotatable bonds is 4. The zero-order chi connectivity index (χ0) is 18.5. The second-order valence-electron chi connectivity index (χ2n) is 5.76. The fourth-order valence-corrected chi connectivity index (χ4v) is 2.91. The molecule has 3 rings (SSSR count). The molecule has 0 saturated carbocycles. The number of hydrogen-bond acceptors (Lipinski definition) is 4. The Labute approximate surface area is 155 Å². The van der Waals surface area contributed by atoms with Gasteiger partial charge in [-0.05, 0) is 18.2 Å². The lowest BCUT2D eigenvalue weighted by Gasteiger charge is -2.30. The van der Waals surface area contributed by atoms with Crippen LogP contribution in [0.25, 0.3) is 0 Å². The van der Waals surface area contributed by atoms with Crippen LogP contribution in [0.1, 0.15) is 22.0 Å². The molecule has 0 spiro atoms. The van der Waals surface area contributed by atoms with Crippen LogP contribution < -0.4 is 0 Å². The number of ether oxygens (including phenoxy) is 2. The average molecular weight is 378 g/mol. The summed E-state index contributed by atoms with van der Waals surface area (Å²) in [4.78, 5) is 27.0. The van der Waals surface area contributed by atoms with Crippen LogP contribution in [0.2, 0.25) is 5.02 Å². The maximum Gasteiger partial charge on any atom is 0.340 e. The number of carbonyl (C=O) groups excluding carboxylic acids is 2. The van der Waals surface area contributed by atoms with Crippen molar-refractivity contribution in [3.8, 4) is 0 Å². The van der Waals surface area contributed by atoms with Crippen molar-refractivity contribution >= 4 is 23.5 Å². The van der Waals surface area contributed by atoms with E-state index in [1.165, 1.54) is 6.07 Å². The lowest BCUT2D eigenvalue weighted by molar-refractivity contribution is -0.145. The SMILES string of the molecule is O=C(O[C@@H](C(=O)N1CCOCC1)c1ccccc1)c1ccc(F)cc1Cl. The Balaban J connectivity index is 1.85. The van der Waals surface area contributed by atoms with Crippen LogP contribution in [0.5, 0.6) is 0 Å². The third kappa shape index (κ3) is 4.20. The summed E-state index contributed by atoms with van der Waals surface area (Å²) < 4.78 is 23.9. The molecule has 2 aromatic carbocycles. The predicted molar refractivity (Wildman–Crippen MR) is 93.4 cm³/mol. The number of esters is 1. The van der Waals surface area contributed by atoms with Gasteiger partial charge in [-0.2, -0.15) is 0 Å². The summed E-state index contributed by atoms with van der Waals surface area (Å²) in [6.07, 6.45) is -1.11. The van der Waals surface area contributed by atoms with Crippen molar-refractivity contribution in [2.75, 3.05) is 26.3 Å². The zero-order valence-corrected chi connectivity index (χ0v) is 14.6. The Morgan fingerprint density at radius 2 is 1.81 bits per heavy atom. The summed E-state index contributed by atoms with van der Waals surface area (Å²) in [5.74, 6) is -1.67. The predicted octanol–water partition coefficient (Wildman–Crippen LogP) is 3.24. The molecule has 1 heterocycles. The van der Waals surface area contributed by atoms with Gasteiger partial charge in [-0.25, -0.2) is 9.18 Å². The molecule has 1 atom stereocenters. The normalized spacial score (nSPS) is 15.4. The van der Waals surface area contributed by atoms with E-state index in [1.807, 2.05) is 0 Å². The van der Waals surface area contributed by atoms with Crippen LogP contribution in [0, 0.1) is 5.82 Å². The van der Waals surface area contributed by atoms with Crippen LogP contribution in [0.4, 0.5) is 4.39 Å². The monoisotopic (exact) mass is 377 g/mol. The second kappa shape index (κ2) is 8.29. The van der Waals surface area contributed by atoms with Crippen molar-refractivity contribution in [2.45, 2.75) is 6.10 Å². The maximum absolute atomic E-state index is 13.2. The first kappa shape index (κ1) is 18.4. The molecule has 1 aliphatic rings. The highest BCUT2D eigenvalue weighted by Crippen LogP contribution is 2.25. The molecule has 2 aromatic rings. The van der Waals surface area contributed by atoms with Gasteiger partial charge >= 0.3 is 5.97 Å². The highest BCUT2D eigenvalue weighted by Gasteiger charge is 2.31. The smallest absolute Gasteiger partial charge is 0.340 e. The molecule has 1 aliphatic heterocycles. The van der Waals surface area contributed by atoms with E-state index < -0.39 is 17.9 Å². The summed E-state index contributed by atoms with van der Waals surface area (Å²) in [5, 5.41) is -0.0689. The molecule has 5 nitrogen and oxygen atoms in total. The van der Waals surface area contributed by atoms with E-state index >= 15 is 0 Å². The van der Waals surface area contributed by atoms with Crippen molar-refractivity contribution in [1.82, 2.24) is 4.90 Å². The number of halogens is 2. The fraction of sp³-hybridized carbons (Fsp3) is 0.263. The van der Waals surface area contributed by atoms with Crippen molar-refractivity contribution in [3.05, 3.63) is 70.5 Å². The average Bonchev–Trinajstić information content (AvgIpc) is 2.67. The Bertz CT molecular complexity index is 793. The van der Waals surface area contributed by atoms with Crippen molar-refractivity contribution in [1.29, 1.82) is 0 Å². The second-order valence-corrected chi connectivity index (χ2v) is 6.17. The van der Waals surface area contributed by atoms with E-state index in [0.29, 0.717) is 31.9 Å². The van der Waals surface area contributed by atoms with E-state index in [1.54, 1.807) is 35.2 Å². The van der Waals surface area contributed by atoms with Gasteiger partial charge in [0, 0.05) is 18.7 Å². The zero-order valence-electron chi connectivity index (χ0n) is 13.9. The fourth-order valence-electron chi connectivity index (χ4n) is 2.66. The minimum Gasteiger partial charge on any atom is -0.444 e. The molecule has 7 heteroatoms. The molecular formula is C19H17ClFNO4. The van der Waals surface area contributed by atoms with Crippen LogP contribution in [0.3, 0.4) is 0 Å². The van der Waals surface area contributed by atoms with E-state index in [-0.39, 0.29) is 16.5 Å². The molecule has 26 heavy (non-hydrogen) atoms. The first-order valence-electron chi connectivity index (χ1n) is 8.14. The molecule has 0 bridgehead atoms. The maximum atomic E-state index is 13.2. The van der Waals surface area contributed by atoms with Gasteiger partial charge in [-0.3, -0.25) is 4.79 Å². The van der Waals surface area contributed by atoms with E-state index in [4.69, 9.17) is 21.1 Å². The minimum atomic E-state index is -1.11. The molecule has 0 unspecified atom stereocenters. The van der Waals surface area contributed by atoms with Gasteiger partial charge in [0.25, 0.3) is 5.91 Å². The Kier molecular flexibility index (Phi) is 5.85.